The molecule has 0 aliphatic rings. The van der Waals surface area contributed by atoms with Gasteiger partial charge in [-0.2, -0.15) is 0 Å². The van der Waals surface area contributed by atoms with E-state index >= 15 is 0 Å². The lowest BCUT2D eigenvalue weighted by Crippen LogP contribution is -1.97. The van der Waals surface area contributed by atoms with Gasteiger partial charge in [-0.3, -0.25) is 0 Å². The molecule has 3 rings (SSSR count). The predicted octanol–water partition coefficient (Wildman–Crippen LogP) is 3.15. The number of halogens is 1. The molecule has 1 heterocycles. The fraction of sp³-hybridized carbons (Fsp3) is 0.188. The number of nitrogens with zero attached hydrogens (tertiary/aromatic N) is 2. The van der Waals surface area contributed by atoms with Gasteiger partial charge >= 0.3 is 0 Å². The number of hydrogen-bond acceptors (Lipinski definition) is 2. The van der Waals surface area contributed by atoms with Gasteiger partial charge in [0.15, 0.2) is 0 Å². The molecule has 2 aromatic carbocycles. The monoisotopic (exact) mass is 269 g/mol. The van der Waals surface area contributed by atoms with Crippen molar-refractivity contribution in [1.29, 1.82) is 0 Å². The minimum atomic E-state index is -0.199. The SMILES string of the molecule is Cc1cc(-c2nc3c(CN)cccc3n2C)ccc1F. The summed E-state index contributed by atoms with van der Waals surface area (Å²) in [5.41, 5.74) is 10.2. The van der Waals surface area contributed by atoms with E-state index in [0.29, 0.717) is 12.1 Å². The fourth-order valence-corrected chi connectivity index (χ4v) is 2.48. The highest BCUT2D eigenvalue weighted by Gasteiger charge is 2.12. The van der Waals surface area contributed by atoms with Crippen LogP contribution in [0.5, 0.6) is 0 Å². The maximum absolute atomic E-state index is 13.4. The lowest BCUT2D eigenvalue weighted by Gasteiger charge is -2.04. The Hall–Kier alpha value is -2.20. The summed E-state index contributed by atoms with van der Waals surface area (Å²) in [7, 11) is 1.96. The molecule has 2 N–H and O–H groups in total. The highest BCUT2D eigenvalue weighted by atomic mass is 19.1. The van der Waals surface area contributed by atoms with Gasteiger partial charge in [-0.25, -0.2) is 9.37 Å². The lowest BCUT2D eigenvalue weighted by atomic mass is 10.1. The summed E-state index contributed by atoms with van der Waals surface area (Å²) in [6.45, 7) is 2.21. The van der Waals surface area contributed by atoms with Gasteiger partial charge < -0.3 is 10.3 Å². The Morgan fingerprint density at radius 1 is 1.25 bits per heavy atom. The molecule has 0 spiro atoms. The zero-order chi connectivity index (χ0) is 14.3. The fourth-order valence-electron chi connectivity index (χ4n) is 2.48. The van der Waals surface area contributed by atoms with Crippen molar-refractivity contribution in [2.24, 2.45) is 12.8 Å². The molecule has 0 saturated heterocycles. The molecule has 3 nitrogen and oxygen atoms in total. The standard InChI is InChI=1S/C16H16FN3/c1-10-8-11(6-7-13(10)17)16-19-15-12(9-18)4-3-5-14(15)20(16)2/h3-8H,9,18H2,1-2H3. The van der Waals surface area contributed by atoms with Gasteiger partial charge in [-0.15, -0.1) is 0 Å². The van der Waals surface area contributed by atoms with E-state index in [2.05, 4.69) is 4.98 Å². The van der Waals surface area contributed by atoms with Crippen molar-refractivity contribution in [3.05, 3.63) is 53.3 Å². The van der Waals surface area contributed by atoms with E-state index in [9.17, 15) is 4.39 Å². The molecule has 3 aromatic rings. The molecular formula is C16H16FN3. The van der Waals surface area contributed by atoms with Crippen LogP contribution in [-0.2, 0) is 13.6 Å². The maximum atomic E-state index is 13.4. The average Bonchev–Trinajstić information content (AvgIpc) is 2.79. The first-order valence-electron chi connectivity index (χ1n) is 6.52. The third kappa shape index (κ3) is 1.89. The van der Waals surface area contributed by atoms with E-state index in [0.717, 1.165) is 28.0 Å². The highest BCUT2D eigenvalue weighted by molar-refractivity contribution is 5.83. The average molecular weight is 269 g/mol. The first-order valence-corrected chi connectivity index (χ1v) is 6.52. The van der Waals surface area contributed by atoms with Crippen molar-refractivity contribution in [3.63, 3.8) is 0 Å². The van der Waals surface area contributed by atoms with Crippen LogP contribution in [0.4, 0.5) is 4.39 Å². The number of aromatic nitrogens is 2. The Labute approximate surface area is 116 Å². The lowest BCUT2D eigenvalue weighted by molar-refractivity contribution is 0.618. The van der Waals surface area contributed by atoms with E-state index in [4.69, 9.17) is 5.73 Å². The number of fused-ring (bicyclic) bond motifs is 1. The van der Waals surface area contributed by atoms with Crippen molar-refractivity contribution < 1.29 is 4.39 Å². The summed E-state index contributed by atoms with van der Waals surface area (Å²) in [6, 6.07) is 11.0. The summed E-state index contributed by atoms with van der Waals surface area (Å²) < 4.78 is 15.4. The molecular weight excluding hydrogens is 253 g/mol. The number of imidazole rings is 1. The van der Waals surface area contributed by atoms with Gasteiger partial charge in [0.05, 0.1) is 11.0 Å². The molecule has 0 unspecified atom stereocenters. The number of hydrogen-bond donors (Lipinski definition) is 1. The van der Waals surface area contributed by atoms with Crippen molar-refractivity contribution in [3.8, 4) is 11.4 Å². The normalized spacial score (nSPS) is 11.2. The molecule has 0 amide bonds. The summed E-state index contributed by atoms with van der Waals surface area (Å²) in [6.07, 6.45) is 0. The number of nitrogens with two attached hydrogens (primary N) is 1. The highest BCUT2D eigenvalue weighted by Crippen LogP contribution is 2.26. The Morgan fingerprint density at radius 2 is 2.05 bits per heavy atom. The Kier molecular flexibility index (Phi) is 3.03. The Bertz CT molecular complexity index is 790. The third-order valence-corrected chi connectivity index (χ3v) is 3.63. The van der Waals surface area contributed by atoms with E-state index in [1.165, 1.54) is 6.07 Å². The van der Waals surface area contributed by atoms with Gasteiger partial charge in [0.1, 0.15) is 11.6 Å². The molecule has 0 saturated carbocycles. The maximum Gasteiger partial charge on any atom is 0.140 e. The van der Waals surface area contributed by atoms with E-state index in [-0.39, 0.29) is 5.82 Å². The Morgan fingerprint density at radius 3 is 2.75 bits per heavy atom. The van der Waals surface area contributed by atoms with Crippen LogP contribution in [0, 0.1) is 12.7 Å². The topological polar surface area (TPSA) is 43.8 Å². The van der Waals surface area contributed by atoms with Crippen LogP contribution < -0.4 is 5.73 Å². The van der Waals surface area contributed by atoms with Gasteiger partial charge in [0.25, 0.3) is 0 Å². The van der Waals surface area contributed by atoms with Crippen LogP contribution in [-0.4, -0.2) is 9.55 Å². The van der Waals surface area contributed by atoms with Gasteiger partial charge in [0, 0.05) is 19.2 Å². The number of para-hydroxylation sites is 1. The molecule has 0 radical (unpaired) electrons. The quantitative estimate of drug-likeness (QED) is 0.776. The number of benzene rings is 2. The third-order valence-electron chi connectivity index (χ3n) is 3.63. The zero-order valence-electron chi connectivity index (χ0n) is 11.5. The van der Waals surface area contributed by atoms with Crippen LogP contribution in [0.1, 0.15) is 11.1 Å². The summed E-state index contributed by atoms with van der Waals surface area (Å²) in [5, 5.41) is 0. The summed E-state index contributed by atoms with van der Waals surface area (Å²) in [4.78, 5) is 4.68. The molecule has 1 aromatic heterocycles. The summed E-state index contributed by atoms with van der Waals surface area (Å²) >= 11 is 0. The second kappa shape index (κ2) is 4.72. The van der Waals surface area contributed by atoms with Crippen LogP contribution >= 0.6 is 0 Å². The molecule has 4 heteroatoms. The van der Waals surface area contributed by atoms with Gasteiger partial charge in [0.2, 0.25) is 0 Å². The van der Waals surface area contributed by atoms with Crippen molar-refractivity contribution in [1.82, 2.24) is 9.55 Å². The minimum absolute atomic E-state index is 0.199. The number of rotatable bonds is 2. The van der Waals surface area contributed by atoms with Gasteiger partial charge in [-0.1, -0.05) is 12.1 Å². The van der Waals surface area contributed by atoms with Crippen molar-refractivity contribution >= 4 is 11.0 Å². The summed E-state index contributed by atoms with van der Waals surface area (Å²) in [5.74, 6) is 0.624. The van der Waals surface area contributed by atoms with E-state index in [1.54, 1.807) is 13.0 Å². The largest absolute Gasteiger partial charge is 0.327 e. The minimum Gasteiger partial charge on any atom is -0.327 e. The van der Waals surface area contributed by atoms with Crippen molar-refractivity contribution in [2.75, 3.05) is 0 Å². The van der Waals surface area contributed by atoms with Crippen LogP contribution in [0.25, 0.3) is 22.4 Å². The molecule has 20 heavy (non-hydrogen) atoms. The van der Waals surface area contributed by atoms with Crippen molar-refractivity contribution in [2.45, 2.75) is 13.5 Å². The second-order valence-electron chi connectivity index (χ2n) is 4.95. The van der Waals surface area contributed by atoms with Gasteiger partial charge in [-0.05, 0) is 42.3 Å². The second-order valence-corrected chi connectivity index (χ2v) is 4.95. The molecule has 102 valence electrons. The van der Waals surface area contributed by atoms with E-state index in [1.807, 2.05) is 35.9 Å². The molecule has 0 atom stereocenters. The first kappa shape index (κ1) is 12.8. The van der Waals surface area contributed by atoms with Crippen LogP contribution in [0.2, 0.25) is 0 Å². The number of aryl methyl sites for hydroxylation is 2. The molecule has 0 aliphatic carbocycles. The van der Waals surface area contributed by atoms with E-state index < -0.39 is 0 Å². The first-order chi connectivity index (χ1) is 9.61. The molecule has 0 bridgehead atoms. The van der Waals surface area contributed by atoms with Crippen LogP contribution in [0.15, 0.2) is 36.4 Å². The molecule has 0 fully saturated rings. The molecule has 0 aliphatic heterocycles. The smallest absolute Gasteiger partial charge is 0.140 e. The Balaban J connectivity index is 2.26. The predicted molar refractivity (Wildman–Crippen MR) is 78.7 cm³/mol. The van der Waals surface area contributed by atoms with Crippen LogP contribution in [0.3, 0.4) is 0 Å². The zero-order valence-corrected chi connectivity index (χ0v) is 11.5.